The standard InChI is InChI=1S/C19H16ClN3O/c1-22-13-23(19(20)21-22)17-8-4-5-9-18(17)24-16-11-10-14-6-2-3-7-15(14)12-16/h2-12H,13H2,1H3. The maximum atomic E-state index is 6.24. The Kier molecular flexibility index (Phi) is 3.75. The van der Waals surface area contributed by atoms with Crippen molar-refractivity contribution in [2.75, 3.05) is 18.6 Å². The second-order valence-electron chi connectivity index (χ2n) is 5.67. The minimum absolute atomic E-state index is 0.437. The van der Waals surface area contributed by atoms with Gasteiger partial charge in [0.05, 0.1) is 5.69 Å². The number of fused-ring (bicyclic) bond motifs is 1. The molecule has 0 unspecified atom stereocenters. The maximum absolute atomic E-state index is 6.24. The molecule has 0 saturated heterocycles. The van der Waals surface area contributed by atoms with Gasteiger partial charge in [-0.05, 0) is 46.6 Å². The number of hydrogen-bond donors (Lipinski definition) is 0. The molecule has 0 aromatic heterocycles. The van der Waals surface area contributed by atoms with Crippen molar-refractivity contribution in [1.82, 2.24) is 5.01 Å². The molecule has 0 amide bonds. The van der Waals surface area contributed by atoms with Crippen molar-refractivity contribution >= 4 is 33.4 Å². The van der Waals surface area contributed by atoms with Crippen LogP contribution in [-0.2, 0) is 0 Å². The summed E-state index contributed by atoms with van der Waals surface area (Å²) in [5.74, 6) is 1.54. The Balaban J connectivity index is 1.68. The van der Waals surface area contributed by atoms with E-state index in [4.69, 9.17) is 16.3 Å². The molecule has 0 radical (unpaired) electrons. The van der Waals surface area contributed by atoms with Crippen molar-refractivity contribution in [1.29, 1.82) is 0 Å². The van der Waals surface area contributed by atoms with Crippen LogP contribution in [0.3, 0.4) is 0 Å². The van der Waals surface area contributed by atoms with Crippen LogP contribution in [0.5, 0.6) is 11.5 Å². The minimum Gasteiger partial charge on any atom is -0.455 e. The molecule has 0 atom stereocenters. The lowest BCUT2D eigenvalue weighted by atomic mass is 10.1. The Hall–Kier alpha value is -2.72. The molecule has 0 saturated carbocycles. The molecule has 24 heavy (non-hydrogen) atoms. The lowest BCUT2D eigenvalue weighted by Crippen LogP contribution is -2.27. The van der Waals surface area contributed by atoms with Gasteiger partial charge < -0.3 is 4.74 Å². The van der Waals surface area contributed by atoms with Crippen LogP contribution < -0.4 is 9.64 Å². The van der Waals surface area contributed by atoms with Gasteiger partial charge in [-0.3, -0.25) is 9.91 Å². The summed E-state index contributed by atoms with van der Waals surface area (Å²) in [5.41, 5.74) is 0.892. The molecule has 0 N–H and O–H groups in total. The van der Waals surface area contributed by atoms with Gasteiger partial charge in [-0.2, -0.15) is 0 Å². The number of hydrazone groups is 1. The Labute approximate surface area is 145 Å². The van der Waals surface area contributed by atoms with E-state index in [2.05, 4.69) is 23.3 Å². The van der Waals surface area contributed by atoms with Gasteiger partial charge in [-0.25, -0.2) is 0 Å². The zero-order valence-corrected chi connectivity index (χ0v) is 13.9. The van der Waals surface area contributed by atoms with E-state index in [0.29, 0.717) is 12.0 Å². The number of halogens is 1. The van der Waals surface area contributed by atoms with Gasteiger partial charge in [0.2, 0.25) is 5.29 Å². The van der Waals surface area contributed by atoms with Crippen molar-refractivity contribution in [2.24, 2.45) is 5.10 Å². The number of nitrogens with zero attached hydrogens (tertiary/aromatic N) is 3. The predicted octanol–water partition coefficient (Wildman–Crippen LogP) is 4.85. The van der Waals surface area contributed by atoms with Gasteiger partial charge >= 0.3 is 0 Å². The predicted molar refractivity (Wildman–Crippen MR) is 98.9 cm³/mol. The summed E-state index contributed by atoms with van der Waals surface area (Å²) in [6.07, 6.45) is 0. The number of para-hydroxylation sites is 2. The largest absolute Gasteiger partial charge is 0.455 e. The first-order valence-electron chi connectivity index (χ1n) is 7.69. The third kappa shape index (κ3) is 2.76. The van der Waals surface area contributed by atoms with Crippen LogP contribution in [0.4, 0.5) is 5.69 Å². The Morgan fingerprint density at radius 3 is 2.50 bits per heavy atom. The molecular weight excluding hydrogens is 322 g/mol. The van der Waals surface area contributed by atoms with E-state index in [1.807, 2.05) is 60.5 Å². The Morgan fingerprint density at radius 1 is 0.958 bits per heavy atom. The van der Waals surface area contributed by atoms with E-state index >= 15 is 0 Å². The van der Waals surface area contributed by atoms with Crippen LogP contribution in [-0.4, -0.2) is 24.0 Å². The van der Waals surface area contributed by atoms with Gasteiger partial charge in [0.1, 0.15) is 12.4 Å². The third-order valence-electron chi connectivity index (χ3n) is 3.93. The van der Waals surface area contributed by atoms with E-state index < -0.39 is 0 Å². The number of rotatable bonds is 3. The molecule has 1 aliphatic rings. The molecule has 1 aliphatic heterocycles. The summed E-state index contributed by atoms with van der Waals surface area (Å²) in [6, 6.07) is 22.1. The topological polar surface area (TPSA) is 28.1 Å². The van der Waals surface area contributed by atoms with Crippen LogP contribution in [0, 0.1) is 0 Å². The fourth-order valence-corrected chi connectivity index (χ4v) is 3.06. The van der Waals surface area contributed by atoms with Crippen molar-refractivity contribution in [3.05, 3.63) is 66.7 Å². The highest BCUT2D eigenvalue weighted by Gasteiger charge is 2.23. The van der Waals surface area contributed by atoms with Gasteiger partial charge in [0.25, 0.3) is 0 Å². The molecule has 120 valence electrons. The highest BCUT2D eigenvalue weighted by atomic mass is 35.5. The zero-order chi connectivity index (χ0) is 16.5. The lowest BCUT2D eigenvalue weighted by molar-refractivity contribution is 0.391. The molecule has 1 heterocycles. The van der Waals surface area contributed by atoms with Crippen molar-refractivity contribution in [2.45, 2.75) is 0 Å². The van der Waals surface area contributed by atoms with Crippen molar-refractivity contribution in [3.8, 4) is 11.5 Å². The average Bonchev–Trinajstić information content (AvgIpc) is 2.93. The first kappa shape index (κ1) is 14.8. The third-order valence-corrected chi connectivity index (χ3v) is 4.21. The van der Waals surface area contributed by atoms with E-state index in [1.165, 1.54) is 5.39 Å². The SMILES string of the molecule is CN1CN(c2ccccc2Oc2ccc3ccccc3c2)C(Cl)=N1. The molecule has 0 fully saturated rings. The van der Waals surface area contributed by atoms with Gasteiger partial charge in [0.15, 0.2) is 5.75 Å². The number of anilines is 1. The van der Waals surface area contributed by atoms with E-state index in [9.17, 15) is 0 Å². The Bertz CT molecular complexity index is 925. The highest BCUT2D eigenvalue weighted by Crippen LogP contribution is 2.35. The molecule has 4 nitrogen and oxygen atoms in total. The summed E-state index contributed by atoms with van der Waals surface area (Å²) in [5, 5.41) is 8.78. The monoisotopic (exact) mass is 337 g/mol. The first-order valence-corrected chi connectivity index (χ1v) is 8.07. The Morgan fingerprint density at radius 2 is 1.71 bits per heavy atom. The van der Waals surface area contributed by atoms with Gasteiger partial charge in [-0.1, -0.05) is 42.5 Å². The van der Waals surface area contributed by atoms with Crippen LogP contribution in [0.25, 0.3) is 10.8 Å². The molecule has 0 aliphatic carbocycles. The molecule has 5 heteroatoms. The number of amidine groups is 1. The normalized spacial score (nSPS) is 14.2. The number of benzene rings is 3. The molecule has 0 bridgehead atoms. The summed E-state index contributed by atoms with van der Waals surface area (Å²) >= 11 is 6.24. The fourth-order valence-electron chi connectivity index (χ4n) is 2.79. The van der Waals surface area contributed by atoms with E-state index in [0.717, 1.165) is 22.6 Å². The maximum Gasteiger partial charge on any atom is 0.223 e. The van der Waals surface area contributed by atoms with Crippen LogP contribution in [0.1, 0.15) is 0 Å². The number of hydrogen-bond acceptors (Lipinski definition) is 4. The average molecular weight is 338 g/mol. The zero-order valence-electron chi connectivity index (χ0n) is 13.2. The highest BCUT2D eigenvalue weighted by molar-refractivity contribution is 6.68. The summed E-state index contributed by atoms with van der Waals surface area (Å²) in [7, 11) is 1.88. The second kappa shape index (κ2) is 6.06. The molecule has 0 spiro atoms. The lowest BCUT2D eigenvalue weighted by Gasteiger charge is -2.20. The fraction of sp³-hybridized carbons (Fsp3) is 0.105. The summed E-state index contributed by atoms with van der Waals surface area (Å²) < 4.78 is 6.14. The van der Waals surface area contributed by atoms with Gasteiger partial charge in [0, 0.05) is 7.05 Å². The molecule has 3 aromatic carbocycles. The molecular formula is C19H16ClN3O. The molecule has 4 rings (SSSR count). The minimum atomic E-state index is 0.437. The summed E-state index contributed by atoms with van der Waals surface area (Å²) in [6.45, 7) is 0.594. The van der Waals surface area contributed by atoms with Crippen LogP contribution in [0.15, 0.2) is 71.8 Å². The van der Waals surface area contributed by atoms with Crippen molar-refractivity contribution < 1.29 is 4.74 Å². The van der Waals surface area contributed by atoms with Crippen LogP contribution in [0.2, 0.25) is 0 Å². The smallest absolute Gasteiger partial charge is 0.223 e. The second-order valence-corrected chi connectivity index (χ2v) is 6.01. The van der Waals surface area contributed by atoms with E-state index in [-0.39, 0.29) is 0 Å². The number of ether oxygens (including phenoxy) is 1. The van der Waals surface area contributed by atoms with Crippen molar-refractivity contribution in [3.63, 3.8) is 0 Å². The summed E-state index contributed by atoms with van der Waals surface area (Å²) in [4.78, 5) is 1.91. The van der Waals surface area contributed by atoms with Crippen LogP contribution >= 0.6 is 11.6 Å². The van der Waals surface area contributed by atoms with E-state index in [1.54, 1.807) is 5.01 Å². The first-order chi connectivity index (χ1) is 11.7. The van der Waals surface area contributed by atoms with Gasteiger partial charge in [-0.15, -0.1) is 5.10 Å². The molecule has 3 aromatic rings. The quantitative estimate of drug-likeness (QED) is 0.639.